The van der Waals surface area contributed by atoms with Crippen LogP contribution in [0.4, 0.5) is 5.69 Å². The van der Waals surface area contributed by atoms with Crippen LogP contribution in [0.25, 0.3) is 0 Å². The van der Waals surface area contributed by atoms with E-state index in [1.54, 1.807) is 18.9 Å². The fourth-order valence-corrected chi connectivity index (χ4v) is 3.88. The largest absolute Gasteiger partial charge is 0.496 e. The summed E-state index contributed by atoms with van der Waals surface area (Å²) in [5.74, 6) is 1.58. The third-order valence-electron chi connectivity index (χ3n) is 3.46. The van der Waals surface area contributed by atoms with Crippen LogP contribution in [0.2, 0.25) is 0 Å². The number of methoxy groups -OCH3 is 1. The predicted molar refractivity (Wildman–Crippen MR) is 101 cm³/mol. The number of nitrogens with one attached hydrogen (secondary N) is 1. The molecule has 1 aromatic heterocycles. The molecule has 0 bridgehead atoms. The van der Waals surface area contributed by atoms with Crippen molar-refractivity contribution in [1.29, 1.82) is 0 Å². The van der Waals surface area contributed by atoms with Crippen LogP contribution in [0.5, 0.6) is 5.75 Å². The lowest BCUT2D eigenvalue weighted by Gasteiger charge is -2.11. The molecule has 0 aliphatic carbocycles. The third kappa shape index (κ3) is 3.99. The first-order valence-corrected chi connectivity index (χ1v) is 9.33. The van der Waals surface area contributed by atoms with E-state index in [9.17, 15) is 4.79 Å². The molecule has 0 fully saturated rings. The molecule has 0 aliphatic rings. The monoisotopic (exact) mass is 355 g/mol. The molecule has 24 heavy (non-hydrogen) atoms. The quantitative estimate of drug-likeness (QED) is 0.610. The summed E-state index contributed by atoms with van der Waals surface area (Å²) in [7, 11) is 1.68. The Bertz CT molecular complexity index is 816. The van der Waals surface area contributed by atoms with E-state index in [2.05, 4.69) is 11.4 Å². The number of hydrogen-bond acceptors (Lipinski definition) is 4. The molecule has 1 amide bonds. The lowest BCUT2D eigenvalue weighted by molar-refractivity contribution is 0.103. The van der Waals surface area contributed by atoms with Crippen molar-refractivity contribution in [2.75, 3.05) is 12.4 Å². The average molecular weight is 355 g/mol. The lowest BCUT2D eigenvalue weighted by Crippen LogP contribution is -2.10. The molecular formula is C19H17NO2S2. The molecule has 3 rings (SSSR count). The Kier molecular flexibility index (Phi) is 5.56. The van der Waals surface area contributed by atoms with Crippen LogP contribution in [0.15, 0.2) is 70.9 Å². The lowest BCUT2D eigenvalue weighted by atomic mass is 10.2. The summed E-state index contributed by atoms with van der Waals surface area (Å²) in [6.45, 7) is 0. The van der Waals surface area contributed by atoms with Gasteiger partial charge in [0.15, 0.2) is 0 Å². The number of carbonyl (C=O) groups excluding carboxylic acids is 1. The highest BCUT2D eigenvalue weighted by molar-refractivity contribution is 7.98. The minimum atomic E-state index is -0.0738. The topological polar surface area (TPSA) is 38.3 Å². The summed E-state index contributed by atoms with van der Waals surface area (Å²) < 4.78 is 5.40. The number of anilines is 1. The van der Waals surface area contributed by atoms with E-state index < -0.39 is 0 Å². The molecule has 3 aromatic rings. The highest BCUT2D eigenvalue weighted by Gasteiger charge is 2.11. The number of amides is 1. The fourth-order valence-electron chi connectivity index (χ4n) is 2.27. The smallest absolute Gasteiger partial charge is 0.265 e. The van der Waals surface area contributed by atoms with E-state index in [0.29, 0.717) is 4.88 Å². The van der Waals surface area contributed by atoms with E-state index in [-0.39, 0.29) is 5.91 Å². The Balaban J connectivity index is 1.73. The molecule has 0 atom stereocenters. The van der Waals surface area contributed by atoms with Gasteiger partial charge in [0, 0.05) is 16.2 Å². The van der Waals surface area contributed by atoms with Crippen molar-refractivity contribution in [3.05, 3.63) is 76.5 Å². The summed E-state index contributed by atoms with van der Waals surface area (Å²) >= 11 is 3.11. The Morgan fingerprint density at radius 1 is 1.08 bits per heavy atom. The van der Waals surface area contributed by atoms with Gasteiger partial charge in [0.1, 0.15) is 5.75 Å². The van der Waals surface area contributed by atoms with E-state index in [0.717, 1.165) is 27.6 Å². The predicted octanol–water partition coefficient (Wildman–Crippen LogP) is 5.30. The number of ether oxygens (including phenoxy) is 1. The molecule has 122 valence electrons. The van der Waals surface area contributed by atoms with Crippen LogP contribution in [0.1, 0.15) is 15.2 Å². The van der Waals surface area contributed by atoms with Gasteiger partial charge in [-0.1, -0.05) is 36.4 Å². The summed E-state index contributed by atoms with van der Waals surface area (Å²) in [6.07, 6.45) is 0. The van der Waals surface area contributed by atoms with Crippen molar-refractivity contribution < 1.29 is 9.53 Å². The van der Waals surface area contributed by atoms with Gasteiger partial charge in [-0.15, -0.1) is 23.1 Å². The molecule has 0 aliphatic heterocycles. The Morgan fingerprint density at radius 2 is 1.88 bits per heavy atom. The zero-order valence-electron chi connectivity index (χ0n) is 13.2. The number of thioether (sulfide) groups is 1. The fraction of sp³-hybridized carbons (Fsp3) is 0.105. The Hall–Kier alpha value is -2.24. The summed E-state index contributed by atoms with van der Waals surface area (Å²) in [5.41, 5.74) is 1.96. The Morgan fingerprint density at radius 3 is 2.67 bits per heavy atom. The maximum atomic E-state index is 12.3. The second kappa shape index (κ2) is 8.04. The summed E-state index contributed by atoms with van der Waals surface area (Å²) in [5, 5.41) is 4.90. The molecule has 0 spiro atoms. The van der Waals surface area contributed by atoms with Gasteiger partial charge in [-0.05, 0) is 29.6 Å². The van der Waals surface area contributed by atoms with Crippen molar-refractivity contribution in [2.24, 2.45) is 0 Å². The number of thiophene rings is 1. The second-order valence-electron chi connectivity index (χ2n) is 5.03. The first-order chi connectivity index (χ1) is 11.8. The van der Waals surface area contributed by atoms with Gasteiger partial charge in [0.2, 0.25) is 0 Å². The molecule has 3 nitrogen and oxygen atoms in total. The number of carbonyl (C=O) groups is 1. The number of rotatable bonds is 6. The maximum Gasteiger partial charge on any atom is 0.265 e. The second-order valence-corrected chi connectivity index (χ2v) is 6.99. The zero-order chi connectivity index (χ0) is 16.8. The van der Waals surface area contributed by atoms with Crippen LogP contribution in [-0.4, -0.2) is 13.0 Å². The molecule has 0 radical (unpaired) electrons. The van der Waals surface area contributed by atoms with Crippen LogP contribution >= 0.6 is 23.1 Å². The molecule has 0 saturated heterocycles. The minimum Gasteiger partial charge on any atom is -0.496 e. The number of para-hydroxylation sites is 2. The van der Waals surface area contributed by atoms with Crippen LogP contribution in [-0.2, 0) is 5.75 Å². The maximum absolute atomic E-state index is 12.3. The van der Waals surface area contributed by atoms with Crippen LogP contribution in [0.3, 0.4) is 0 Å². The third-order valence-corrected chi connectivity index (χ3v) is 5.45. The Labute approximate surface area is 149 Å². The molecule has 0 saturated carbocycles. The standard InChI is InChI=1S/C19H17NO2S2/c1-22-16-9-4-2-7-14(16)13-24-17-10-5-3-8-15(17)20-19(21)18-11-6-12-23-18/h2-12H,13H2,1H3,(H,20,21). The van der Waals surface area contributed by atoms with E-state index in [1.807, 2.05) is 60.0 Å². The molecule has 5 heteroatoms. The van der Waals surface area contributed by atoms with E-state index in [4.69, 9.17) is 4.74 Å². The number of benzene rings is 2. The summed E-state index contributed by atoms with van der Waals surface area (Å²) in [6, 6.07) is 19.5. The van der Waals surface area contributed by atoms with Crippen LogP contribution in [0, 0.1) is 0 Å². The van der Waals surface area contributed by atoms with Gasteiger partial charge in [-0.25, -0.2) is 0 Å². The van der Waals surface area contributed by atoms with Gasteiger partial charge in [0.05, 0.1) is 17.7 Å². The highest BCUT2D eigenvalue weighted by Crippen LogP contribution is 2.32. The van der Waals surface area contributed by atoms with Gasteiger partial charge >= 0.3 is 0 Å². The first kappa shape index (κ1) is 16.6. The van der Waals surface area contributed by atoms with E-state index >= 15 is 0 Å². The number of hydrogen-bond donors (Lipinski definition) is 1. The minimum absolute atomic E-state index is 0.0738. The first-order valence-electron chi connectivity index (χ1n) is 7.46. The average Bonchev–Trinajstić information content (AvgIpc) is 3.16. The van der Waals surface area contributed by atoms with Crippen LogP contribution < -0.4 is 10.1 Å². The van der Waals surface area contributed by atoms with Gasteiger partial charge in [-0.2, -0.15) is 0 Å². The van der Waals surface area contributed by atoms with Crippen molar-refractivity contribution in [3.63, 3.8) is 0 Å². The van der Waals surface area contributed by atoms with Crippen molar-refractivity contribution in [1.82, 2.24) is 0 Å². The van der Waals surface area contributed by atoms with Gasteiger partial charge < -0.3 is 10.1 Å². The highest BCUT2D eigenvalue weighted by atomic mass is 32.2. The molecular weight excluding hydrogens is 338 g/mol. The van der Waals surface area contributed by atoms with E-state index in [1.165, 1.54) is 11.3 Å². The molecule has 2 aromatic carbocycles. The normalized spacial score (nSPS) is 10.4. The van der Waals surface area contributed by atoms with Crippen molar-refractivity contribution >= 4 is 34.7 Å². The van der Waals surface area contributed by atoms with Crippen molar-refractivity contribution in [2.45, 2.75) is 10.6 Å². The van der Waals surface area contributed by atoms with Gasteiger partial charge in [0.25, 0.3) is 5.91 Å². The van der Waals surface area contributed by atoms with Crippen molar-refractivity contribution in [3.8, 4) is 5.75 Å². The molecule has 0 unspecified atom stereocenters. The zero-order valence-corrected chi connectivity index (χ0v) is 14.8. The van der Waals surface area contributed by atoms with Gasteiger partial charge in [-0.3, -0.25) is 4.79 Å². The SMILES string of the molecule is COc1ccccc1CSc1ccccc1NC(=O)c1cccs1. The molecule has 1 N–H and O–H groups in total. The molecule has 1 heterocycles. The summed E-state index contributed by atoms with van der Waals surface area (Å²) in [4.78, 5) is 14.0.